The molecule has 0 bridgehead atoms. The molecule has 0 spiro atoms. The molecule has 0 fully saturated rings. The van der Waals surface area contributed by atoms with Crippen molar-refractivity contribution in [2.24, 2.45) is 0 Å². The van der Waals surface area contributed by atoms with Crippen LogP contribution in [0.15, 0.2) is 36.4 Å². The third-order valence-corrected chi connectivity index (χ3v) is 1.66. The van der Waals surface area contributed by atoms with E-state index >= 15 is 0 Å². The fraction of sp³-hybridized carbons (Fsp3) is 0.182. The van der Waals surface area contributed by atoms with Gasteiger partial charge in [0.25, 0.3) is 0 Å². The zero-order valence-corrected chi connectivity index (χ0v) is 7.99. The molecule has 0 unspecified atom stereocenters. The van der Waals surface area contributed by atoms with Gasteiger partial charge in [0.2, 0.25) is 0 Å². The third kappa shape index (κ3) is 2.71. The molecule has 1 aromatic rings. The molecule has 0 aliphatic heterocycles. The molecule has 0 atom stereocenters. The van der Waals surface area contributed by atoms with E-state index in [9.17, 15) is 4.79 Å². The lowest BCUT2D eigenvalue weighted by atomic mass is 10.2. The molecule has 3 heteroatoms. The number of aliphatic hydroxyl groups is 1. The number of esters is 1. The molecule has 1 N–H and O–H groups in total. The van der Waals surface area contributed by atoms with Crippen LogP contribution in [0.1, 0.15) is 12.5 Å². The van der Waals surface area contributed by atoms with E-state index in [1.54, 1.807) is 31.2 Å². The minimum Gasteiger partial charge on any atom is -0.423 e. The number of carbonyl (C=O) groups is 1. The standard InChI is InChI=1S/C11H12O3/c1-8(2)11(13)14-10-5-3-9(7-12)4-6-10/h3-6,12H,1,7H2,2H3. The molecule has 74 valence electrons. The Morgan fingerprint density at radius 1 is 1.43 bits per heavy atom. The predicted molar refractivity (Wildman–Crippen MR) is 52.8 cm³/mol. The van der Waals surface area contributed by atoms with Crippen molar-refractivity contribution in [3.63, 3.8) is 0 Å². The van der Waals surface area contributed by atoms with E-state index < -0.39 is 5.97 Å². The maximum atomic E-state index is 11.1. The fourth-order valence-electron chi connectivity index (χ4n) is 0.857. The SMILES string of the molecule is C=C(C)C(=O)Oc1ccc(CO)cc1. The maximum Gasteiger partial charge on any atom is 0.338 e. The highest BCUT2D eigenvalue weighted by Crippen LogP contribution is 2.13. The first-order chi connectivity index (χ1) is 6.63. The summed E-state index contributed by atoms with van der Waals surface area (Å²) in [6.07, 6.45) is 0. The minimum absolute atomic E-state index is 0.0191. The summed E-state index contributed by atoms with van der Waals surface area (Å²) in [4.78, 5) is 11.1. The molecular weight excluding hydrogens is 180 g/mol. The Kier molecular flexibility index (Phi) is 3.42. The second-order valence-corrected chi connectivity index (χ2v) is 2.97. The van der Waals surface area contributed by atoms with E-state index in [1.807, 2.05) is 0 Å². The molecule has 0 amide bonds. The molecule has 1 rings (SSSR count). The molecule has 0 heterocycles. The largest absolute Gasteiger partial charge is 0.423 e. The Labute approximate surface area is 82.6 Å². The van der Waals surface area contributed by atoms with E-state index in [0.29, 0.717) is 11.3 Å². The normalized spacial score (nSPS) is 9.57. The Morgan fingerprint density at radius 3 is 2.43 bits per heavy atom. The summed E-state index contributed by atoms with van der Waals surface area (Å²) in [6, 6.07) is 6.65. The van der Waals surface area contributed by atoms with Crippen molar-refractivity contribution in [3.05, 3.63) is 42.0 Å². The van der Waals surface area contributed by atoms with Crippen LogP contribution in [0.4, 0.5) is 0 Å². The van der Waals surface area contributed by atoms with E-state index in [2.05, 4.69) is 6.58 Å². The molecule has 0 aliphatic carbocycles. The van der Waals surface area contributed by atoms with Crippen molar-refractivity contribution in [2.45, 2.75) is 13.5 Å². The van der Waals surface area contributed by atoms with Crippen molar-refractivity contribution >= 4 is 5.97 Å². The number of hydrogen-bond donors (Lipinski definition) is 1. The molecule has 0 radical (unpaired) electrons. The number of carbonyl (C=O) groups excluding carboxylic acids is 1. The van der Waals surface area contributed by atoms with Crippen LogP contribution in [-0.2, 0) is 11.4 Å². The first-order valence-electron chi connectivity index (χ1n) is 4.21. The van der Waals surface area contributed by atoms with Crippen molar-refractivity contribution in [1.82, 2.24) is 0 Å². The highest BCUT2D eigenvalue weighted by Gasteiger charge is 2.04. The van der Waals surface area contributed by atoms with Gasteiger partial charge in [-0.05, 0) is 24.6 Å². The van der Waals surface area contributed by atoms with Crippen molar-refractivity contribution in [1.29, 1.82) is 0 Å². The highest BCUT2D eigenvalue weighted by molar-refractivity contribution is 5.88. The molecule has 3 nitrogen and oxygen atoms in total. The molecule has 14 heavy (non-hydrogen) atoms. The van der Waals surface area contributed by atoms with Crippen LogP contribution >= 0.6 is 0 Å². The second kappa shape index (κ2) is 4.58. The molecular formula is C11H12O3. The van der Waals surface area contributed by atoms with E-state index in [-0.39, 0.29) is 6.61 Å². The Balaban J connectivity index is 2.69. The van der Waals surface area contributed by atoms with Gasteiger partial charge < -0.3 is 9.84 Å². The average Bonchev–Trinajstić information content (AvgIpc) is 2.19. The lowest BCUT2D eigenvalue weighted by Gasteiger charge is -2.03. The Bertz CT molecular complexity index is 338. The summed E-state index contributed by atoms with van der Waals surface area (Å²) >= 11 is 0. The zero-order chi connectivity index (χ0) is 10.6. The van der Waals surface area contributed by atoms with Crippen LogP contribution in [0.3, 0.4) is 0 Å². The molecule has 0 aromatic heterocycles. The summed E-state index contributed by atoms with van der Waals surface area (Å²) in [5.74, 6) is 0.0111. The summed E-state index contributed by atoms with van der Waals surface area (Å²) in [5.41, 5.74) is 1.14. The van der Waals surface area contributed by atoms with E-state index in [4.69, 9.17) is 9.84 Å². The smallest absolute Gasteiger partial charge is 0.338 e. The predicted octanol–water partition coefficient (Wildman–Crippen LogP) is 1.66. The minimum atomic E-state index is -0.443. The summed E-state index contributed by atoms with van der Waals surface area (Å²) in [7, 11) is 0. The molecule has 1 aromatic carbocycles. The van der Waals surface area contributed by atoms with Gasteiger partial charge in [-0.1, -0.05) is 18.7 Å². The zero-order valence-electron chi connectivity index (χ0n) is 7.99. The van der Waals surface area contributed by atoms with Gasteiger partial charge in [-0.25, -0.2) is 4.79 Å². The van der Waals surface area contributed by atoms with Crippen LogP contribution in [-0.4, -0.2) is 11.1 Å². The quantitative estimate of drug-likeness (QED) is 0.450. The third-order valence-electron chi connectivity index (χ3n) is 1.66. The number of aliphatic hydroxyl groups excluding tert-OH is 1. The molecule has 0 aliphatic rings. The highest BCUT2D eigenvalue weighted by atomic mass is 16.5. The van der Waals surface area contributed by atoms with Crippen molar-refractivity contribution < 1.29 is 14.6 Å². The van der Waals surface area contributed by atoms with Gasteiger partial charge in [0.15, 0.2) is 0 Å². The molecule has 0 saturated heterocycles. The Morgan fingerprint density at radius 2 is 2.00 bits per heavy atom. The lowest BCUT2D eigenvalue weighted by Crippen LogP contribution is -2.07. The van der Waals surface area contributed by atoms with Gasteiger partial charge >= 0.3 is 5.97 Å². The first-order valence-corrected chi connectivity index (χ1v) is 4.21. The van der Waals surface area contributed by atoms with Gasteiger partial charge in [-0.15, -0.1) is 0 Å². The van der Waals surface area contributed by atoms with Gasteiger partial charge in [0.1, 0.15) is 5.75 Å². The van der Waals surface area contributed by atoms with Crippen LogP contribution in [0, 0.1) is 0 Å². The second-order valence-electron chi connectivity index (χ2n) is 2.97. The number of ether oxygens (including phenoxy) is 1. The number of hydrogen-bond acceptors (Lipinski definition) is 3. The van der Waals surface area contributed by atoms with Crippen LogP contribution in [0.2, 0.25) is 0 Å². The summed E-state index contributed by atoms with van der Waals surface area (Å²) < 4.78 is 4.96. The number of rotatable bonds is 3. The van der Waals surface area contributed by atoms with E-state index in [0.717, 1.165) is 5.56 Å². The average molecular weight is 192 g/mol. The topological polar surface area (TPSA) is 46.5 Å². The van der Waals surface area contributed by atoms with Gasteiger partial charge in [0, 0.05) is 5.57 Å². The van der Waals surface area contributed by atoms with Gasteiger partial charge in [0.05, 0.1) is 6.61 Å². The van der Waals surface area contributed by atoms with Gasteiger partial charge in [-0.2, -0.15) is 0 Å². The summed E-state index contributed by atoms with van der Waals surface area (Å²) in [6.45, 7) is 5.04. The van der Waals surface area contributed by atoms with Crippen LogP contribution in [0.25, 0.3) is 0 Å². The van der Waals surface area contributed by atoms with Crippen molar-refractivity contribution in [3.8, 4) is 5.75 Å². The van der Waals surface area contributed by atoms with Crippen LogP contribution < -0.4 is 4.74 Å². The molecule has 0 saturated carbocycles. The Hall–Kier alpha value is -1.61. The summed E-state index contributed by atoms with van der Waals surface area (Å²) in [5, 5.41) is 8.78. The maximum absolute atomic E-state index is 11.1. The van der Waals surface area contributed by atoms with Crippen molar-refractivity contribution in [2.75, 3.05) is 0 Å². The first kappa shape index (κ1) is 10.5. The van der Waals surface area contributed by atoms with E-state index in [1.165, 1.54) is 0 Å². The lowest BCUT2D eigenvalue weighted by molar-refractivity contribution is -0.130. The monoisotopic (exact) mass is 192 g/mol. The van der Waals surface area contributed by atoms with Gasteiger partial charge in [-0.3, -0.25) is 0 Å². The fourth-order valence-corrected chi connectivity index (χ4v) is 0.857. The van der Waals surface area contributed by atoms with Crippen LogP contribution in [0.5, 0.6) is 5.75 Å². The number of benzene rings is 1.